The van der Waals surface area contributed by atoms with Gasteiger partial charge in [0.05, 0.1) is 19.7 Å². The van der Waals surface area contributed by atoms with E-state index in [1.165, 1.54) is 11.3 Å². The number of rotatable bonds is 7. The summed E-state index contributed by atoms with van der Waals surface area (Å²) < 4.78 is 5.07. The van der Waals surface area contributed by atoms with Crippen molar-refractivity contribution >= 4 is 23.2 Å². The minimum absolute atomic E-state index is 0.0305. The van der Waals surface area contributed by atoms with Crippen LogP contribution < -0.4 is 0 Å². The maximum Gasteiger partial charge on any atom is 0.246 e. The molecule has 0 saturated carbocycles. The van der Waals surface area contributed by atoms with E-state index in [2.05, 4.69) is 4.98 Å². The van der Waals surface area contributed by atoms with E-state index in [9.17, 15) is 9.59 Å². The van der Waals surface area contributed by atoms with Gasteiger partial charge in [-0.1, -0.05) is 30.3 Å². The van der Waals surface area contributed by atoms with Crippen molar-refractivity contribution in [2.45, 2.75) is 19.0 Å². The number of amides is 2. The van der Waals surface area contributed by atoms with E-state index in [1.807, 2.05) is 35.7 Å². The Bertz CT molecular complexity index is 706. The Morgan fingerprint density at radius 1 is 1.28 bits per heavy atom. The summed E-state index contributed by atoms with van der Waals surface area (Å²) in [5.41, 5.74) is 1.03. The number of hydrogen-bond donors (Lipinski definition) is 0. The van der Waals surface area contributed by atoms with Crippen LogP contribution >= 0.6 is 11.3 Å². The predicted octanol–water partition coefficient (Wildman–Crippen LogP) is 1.57. The van der Waals surface area contributed by atoms with Gasteiger partial charge in [-0.05, 0) is 5.56 Å². The fraction of sp³-hybridized carbons (Fsp3) is 0.389. The van der Waals surface area contributed by atoms with Crippen molar-refractivity contribution in [3.8, 4) is 0 Å². The van der Waals surface area contributed by atoms with E-state index < -0.39 is 6.04 Å². The number of thiazole rings is 1. The van der Waals surface area contributed by atoms with Gasteiger partial charge in [-0.25, -0.2) is 4.98 Å². The summed E-state index contributed by atoms with van der Waals surface area (Å²) >= 11 is 1.49. The third-order valence-electron chi connectivity index (χ3n) is 4.25. The molecule has 2 amide bonds. The molecule has 3 rings (SSSR count). The van der Waals surface area contributed by atoms with Crippen LogP contribution in [-0.4, -0.2) is 59.4 Å². The Kier molecular flexibility index (Phi) is 5.78. The molecule has 1 aliphatic rings. The van der Waals surface area contributed by atoms with Crippen LogP contribution in [0.5, 0.6) is 0 Å². The normalized spacial score (nSPS) is 18.0. The topological polar surface area (TPSA) is 62.7 Å². The zero-order chi connectivity index (χ0) is 17.6. The Labute approximate surface area is 151 Å². The molecule has 1 saturated heterocycles. The predicted molar refractivity (Wildman–Crippen MR) is 95.1 cm³/mol. The molecule has 1 atom stereocenters. The number of carbonyl (C=O) groups excluding carboxylic acids is 2. The van der Waals surface area contributed by atoms with E-state index in [4.69, 9.17) is 4.74 Å². The van der Waals surface area contributed by atoms with Crippen molar-refractivity contribution in [1.29, 1.82) is 0 Å². The molecule has 0 spiro atoms. The summed E-state index contributed by atoms with van der Waals surface area (Å²) in [7, 11) is 1.59. The van der Waals surface area contributed by atoms with Crippen molar-refractivity contribution in [2.24, 2.45) is 0 Å². The first-order chi connectivity index (χ1) is 12.2. The highest BCUT2D eigenvalue weighted by atomic mass is 32.1. The number of carbonyl (C=O) groups is 2. The van der Waals surface area contributed by atoms with Gasteiger partial charge in [0.15, 0.2) is 0 Å². The van der Waals surface area contributed by atoms with E-state index in [0.29, 0.717) is 26.1 Å². The molecule has 1 aliphatic heterocycles. The highest BCUT2D eigenvalue weighted by Gasteiger charge is 2.39. The maximum atomic E-state index is 13.0. The Morgan fingerprint density at radius 2 is 2.08 bits per heavy atom. The van der Waals surface area contributed by atoms with Crippen LogP contribution in [0.25, 0.3) is 0 Å². The summed E-state index contributed by atoms with van der Waals surface area (Å²) in [4.78, 5) is 33.2. The largest absolute Gasteiger partial charge is 0.383 e. The molecule has 132 valence electrons. The summed E-state index contributed by atoms with van der Waals surface area (Å²) in [6.07, 6.45) is 2.22. The van der Waals surface area contributed by atoms with Gasteiger partial charge in [-0.2, -0.15) is 0 Å². The molecule has 7 heteroatoms. The molecule has 0 aliphatic carbocycles. The molecule has 6 nitrogen and oxygen atoms in total. The minimum Gasteiger partial charge on any atom is -0.383 e. The molecule has 1 fully saturated rings. The second-order valence-corrected chi connectivity index (χ2v) is 6.88. The Balaban J connectivity index is 1.83. The number of nitrogens with zero attached hydrogens (tertiary/aromatic N) is 3. The van der Waals surface area contributed by atoms with E-state index in [1.54, 1.807) is 23.1 Å². The summed E-state index contributed by atoms with van der Waals surface area (Å²) in [5, 5.41) is 2.72. The Morgan fingerprint density at radius 3 is 2.76 bits per heavy atom. The molecule has 25 heavy (non-hydrogen) atoms. The first kappa shape index (κ1) is 17.6. The lowest BCUT2D eigenvalue weighted by atomic mass is 10.0. The lowest BCUT2D eigenvalue weighted by Crippen LogP contribution is -2.60. The van der Waals surface area contributed by atoms with Crippen LogP contribution in [0.4, 0.5) is 0 Å². The maximum absolute atomic E-state index is 13.0. The molecule has 0 unspecified atom stereocenters. The lowest BCUT2D eigenvalue weighted by Gasteiger charge is -2.40. The van der Waals surface area contributed by atoms with Gasteiger partial charge in [-0.3, -0.25) is 9.59 Å². The van der Waals surface area contributed by atoms with Crippen LogP contribution in [0.1, 0.15) is 10.6 Å². The minimum atomic E-state index is -0.510. The first-order valence-corrected chi connectivity index (χ1v) is 9.06. The fourth-order valence-electron chi connectivity index (χ4n) is 2.95. The van der Waals surface area contributed by atoms with E-state index in [-0.39, 0.29) is 18.4 Å². The van der Waals surface area contributed by atoms with Gasteiger partial charge in [0.25, 0.3) is 0 Å². The first-order valence-electron chi connectivity index (χ1n) is 8.18. The molecule has 0 radical (unpaired) electrons. The molecule has 0 bridgehead atoms. The highest BCUT2D eigenvalue weighted by Crippen LogP contribution is 2.21. The molecular formula is C18H21N3O3S. The van der Waals surface area contributed by atoms with E-state index >= 15 is 0 Å². The summed E-state index contributed by atoms with van der Waals surface area (Å²) in [5.74, 6) is -0.0797. The third kappa shape index (κ3) is 4.24. The average Bonchev–Trinajstić information content (AvgIpc) is 3.14. The smallest absolute Gasteiger partial charge is 0.246 e. The van der Waals surface area contributed by atoms with Crippen molar-refractivity contribution in [3.63, 3.8) is 0 Å². The molecule has 2 heterocycles. The van der Waals surface area contributed by atoms with Crippen LogP contribution in [0.3, 0.4) is 0 Å². The van der Waals surface area contributed by atoms with Crippen LogP contribution in [0, 0.1) is 0 Å². The Hall–Kier alpha value is -2.25. The van der Waals surface area contributed by atoms with Gasteiger partial charge >= 0.3 is 0 Å². The van der Waals surface area contributed by atoms with Gasteiger partial charge in [-0.15, -0.1) is 11.3 Å². The summed E-state index contributed by atoms with van der Waals surface area (Å²) in [6.45, 7) is 1.32. The molecule has 2 aromatic rings. The molecular weight excluding hydrogens is 338 g/mol. The standard InChI is InChI=1S/C18H21N3O3S/c1-24-9-8-20-13-17(22)21(12-16-19-7-10-25-16)15(18(20)23)11-14-5-3-2-4-6-14/h2-7,10,15H,8-9,11-13H2,1H3/t15-/m1/s1. The fourth-order valence-corrected chi connectivity index (χ4v) is 3.56. The average molecular weight is 359 g/mol. The quantitative estimate of drug-likeness (QED) is 0.753. The number of ether oxygens (including phenoxy) is 1. The molecule has 0 N–H and O–H groups in total. The monoisotopic (exact) mass is 359 g/mol. The zero-order valence-corrected chi connectivity index (χ0v) is 14.9. The molecule has 1 aromatic carbocycles. The van der Waals surface area contributed by atoms with Crippen molar-refractivity contribution in [2.75, 3.05) is 26.8 Å². The number of hydrogen-bond acceptors (Lipinski definition) is 5. The van der Waals surface area contributed by atoms with Crippen LogP contribution in [0.2, 0.25) is 0 Å². The van der Waals surface area contributed by atoms with Gasteiger partial charge < -0.3 is 14.5 Å². The van der Waals surface area contributed by atoms with Crippen molar-refractivity contribution < 1.29 is 14.3 Å². The van der Waals surface area contributed by atoms with Crippen molar-refractivity contribution in [1.82, 2.24) is 14.8 Å². The summed E-state index contributed by atoms with van der Waals surface area (Å²) in [6, 6.07) is 9.27. The van der Waals surface area contributed by atoms with Gasteiger partial charge in [0, 0.05) is 31.7 Å². The van der Waals surface area contributed by atoms with E-state index in [0.717, 1.165) is 10.6 Å². The second-order valence-electron chi connectivity index (χ2n) is 5.91. The second kappa shape index (κ2) is 8.22. The van der Waals surface area contributed by atoms with Crippen molar-refractivity contribution in [3.05, 3.63) is 52.5 Å². The number of methoxy groups -OCH3 is 1. The number of benzene rings is 1. The number of piperazine rings is 1. The lowest BCUT2D eigenvalue weighted by molar-refractivity contribution is -0.157. The highest BCUT2D eigenvalue weighted by molar-refractivity contribution is 7.09. The third-order valence-corrected chi connectivity index (χ3v) is 5.01. The molecule has 1 aromatic heterocycles. The number of aromatic nitrogens is 1. The van der Waals surface area contributed by atoms with Gasteiger partial charge in [0.1, 0.15) is 11.0 Å². The van der Waals surface area contributed by atoms with Gasteiger partial charge in [0.2, 0.25) is 11.8 Å². The van der Waals surface area contributed by atoms with Crippen LogP contribution in [-0.2, 0) is 27.3 Å². The zero-order valence-electron chi connectivity index (χ0n) is 14.1. The SMILES string of the molecule is COCCN1CC(=O)N(Cc2nccs2)[C@H](Cc2ccccc2)C1=O. The van der Waals surface area contributed by atoms with Crippen LogP contribution in [0.15, 0.2) is 41.9 Å².